The first-order valence-corrected chi connectivity index (χ1v) is 9.20. The molecule has 0 aliphatic heterocycles. The molecule has 2 saturated carbocycles. The van der Waals surface area contributed by atoms with Gasteiger partial charge in [0.15, 0.2) is 0 Å². The van der Waals surface area contributed by atoms with Gasteiger partial charge >= 0.3 is 11.9 Å². The van der Waals surface area contributed by atoms with Crippen LogP contribution < -0.4 is 0 Å². The minimum atomic E-state index is -1.02. The highest BCUT2D eigenvalue weighted by atomic mass is 16.5. The summed E-state index contributed by atoms with van der Waals surface area (Å²) in [4.78, 5) is 22.6. The van der Waals surface area contributed by atoms with E-state index in [0.29, 0.717) is 12.8 Å². The molecule has 6 nitrogen and oxygen atoms in total. The van der Waals surface area contributed by atoms with Gasteiger partial charge in [-0.1, -0.05) is 13.8 Å². The molecule has 7 atom stereocenters. The van der Waals surface area contributed by atoms with Crippen molar-refractivity contribution in [3.05, 3.63) is 0 Å². The van der Waals surface area contributed by atoms with Crippen molar-refractivity contribution in [2.75, 3.05) is 6.61 Å². The van der Waals surface area contributed by atoms with Crippen LogP contribution in [0.25, 0.3) is 0 Å². The number of carbonyl (C=O) groups excluding carboxylic acids is 2. The zero-order chi connectivity index (χ0) is 19.0. The lowest BCUT2D eigenvalue weighted by Crippen LogP contribution is -2.64. The van der Waals surface area contributed by atoms with E-state index in [2.05, 4.69) is 0 Å². The highest BCUT2D eigenvalue weighted by Gasteiger charge is 2.60. The summed E-state index contributed by atoms with van der Waals surface area (Å²) >= 11 is 0. The third kappa shape index (κ3) is 4.00. The van der Waals surface area contributed by atoms with Crippen LogP contribution in [0.2, 0.25) is 0 Å². The number of esters is 2. The normalized spacial score (nSPS) is 42.2. The largest absolute Gasteiger partial charge is 0.466 e. The van der Waals surface area contributed by atoms with Crippen molar-refractivity contribution in [1.82, 2.24) is 0 Å². The third-order valence-corrected chi connectivity index (χ3v) is 6.41. The number of rotatable bonds is 4. The fourth-order valence-corrected chi connectivity index (χ4v) is 5.18. The fraction of sp³-hybridized carbons (Fsp3) is 0.895. The maximum atomic E-state index is 11.5. The standard InChI is InChI=1S/C19H32O6/c1-11(10-24-12(2)20)14-6-8-18(4)15(25-13(3)21)7-9-19(5,23)17(18)16(14)22/h11,14-17,22-23H,6-10H2,1-5H3/t11-,14-,15-,16+,17+,18-,19-/m0/s1. The highest BCUT2D eigenvalue weighted by molar-refractivity contribution is 5.66. The van der Waals surface area contributed by atoms with E-state index >= 15 is 0 Å². The summed E-state index contributed by atoms with van der Waals surface area (Å²) < 4.78 is 10.7. The molecule has 0 aromatic carbocycles. The van der Waals surface area contributed by atoms with Gasteiger partial charge in [0.2, 0.25) is 0 Å². The van der Waals surface area contributed by atoms with E-state index in [1.165, 1.54) is 13.8 Å². The van der Waals surface area contributed by atoms with Crippen molar-refractivity contribution in [2.45, 2.75) is 78.1 Å². The summed E-state index contributed by atoms with van der Waals surface area (Å²) in [6.45, 7) is 8.76. The summed E-state index contributed by atoms with van der Waals surface area (Å²) in [5, 5.41) is 22.1. The van der Waals surface area contributed by atoms with E-state index in [1.807, 2.05) is 13.8 Å². The number of hydrogen-bond donors (Lipinski definition) is 2. The van der Waals surface area contributed by atoms with Crippen molar-refractivity contribution < 1.29 is 29.3 Å². The van der Waals surface area contributed by atoms with E-state index in [9.17, 15) is 19.8 Å². The van der Waals surface area contributed by atoms with Crippen LogP contribution >= 0.6 is 0 Å². The summed E-state index contributed by atoms with van der Waals surface area (Å²) in [5.41, 5.74) is -1.49. The van der Waals surface area contributed by atoms with E-state index in [0.717, 1.165) is 12.8 Å². The van der Waals surface area contributed by atoms with Crippen LogP contribution in [0.3, 0.4) is 0 Å². The zero-order valence-electron chi connectivity index (χ0n) is 15.9. The summed E-state index contributed by atoms with van der Waals surface area (Å²) in [6.07, 6.45) is 1.53. The van der Waals surface area contributed by atoms with Gasteiger partial charge in [0.1, 0.15) is 6.10 Å². The molecular weight excluding hydrogens is 324 g/mol. The van der Waals surface area contributed by atoms with E-state index in [1.54, 1.807) is 6.92 Å². The Balaban J connectivity index is 2.23. The monoisotopic (exact) mass is 356 g/mol. The molecule has 6 heteroatoms. The topological polar surface area (TPSA) is 93.1 Å². The second-order valence-corrected chi connectivity index (χ2v) is 8.45. The van der Waals surface area contributed by atoms with Crippen molar-refractivity contribution in [1.29, 1.82) is 0 Å². The Morgan fingerprint density at radius 3 is 2.36 bits per heavy atom. The van der Waals surface area contributed by atoms with E-state index in [4.69, 9.17) is 9.47 Å². The van der Waals surface area contributed by atoms with Gasteiger partial charge in [-0.05, 0) is 44.4 Å². The quantitative estimate of drug-likeness (QED) is 0.749. The van der Waals surface area contributed by atoms with Crippen molar-refractivity contribution in [3.8, 4) is 0 Å². The van der Waals surface area contributed by atoms with Gasteiger partial charge in [0.25, 0.3) is 0 Å². The smallest absolute Gasteiger partial charge is 0.302 e. The predicted octanol–water partition coefficient (Wildman–Crippen LogP) is 2.06. The molecule has 144 valence electrons. The minimum absolute atomic E-state index is 0.00616. The molecule has 0 radical (unpaired) electrons. The molecule has 0 unspecified atom stereocenters. The van der Waals surface area contributed by atoms with Gasteiger partial charge in [-0.2, -0.15) is 0 Å². The molecule has 0 heterocycles. The number of aliphatic hydroxyl groups is 2. The molecule has 2 fully saturated rings. The Morgan fingerprint density at radius 2 is 1.80 bits per heavy atom. The second-order valence-electron chi connectivity index (χ2n) is 8.45. The summed E-state index contributed by atoms with van der Waals surface area (Å²) in [5.74, 6) is -1.13. The third-order valence-electron chi connectivity index (χ3n) is 6.41. The maximum Gasteiger partial charge on any atom is 0.302 e. The SMILES string of the molecule is CC(=O)OC[C@H](C)[C@@H]1CC[C@@]2(C)[C@@H](OC(C)=O)CC[C@](C)(O)[C@@H]2[C@@H]1O. The Hall–Kier alpha value is -1.14. The van der Waals surface area contributed by atoms with Gasteiger partial charge in [0, 0.05) is 25.2 Å². The minimum Gasteiger partial charge on any atom is -0.466 e. The molecule has 0 amide bonds. The van der Waals surface area contributed by atoms with Crippen molar-refractivity contribution >= 4 is 11.9 Å². The van der Waals surface area contributed by atoms with Crippen LogP contribution in [-0.4, -0.2) is 46.6 Å². The molecule has 0 aromatic rings. The van der Waals surface area contributed by atoms with Gasteiger partial charge in [-0.15, -0.1) is 0 Å². The Bertz CT molecular complexity index is 516. The molecule has 25 heavy (non-hydrogen) atoms. The molecule has 2 aliphatic rings. The van der Waals surface area contributed by atoms with Crippen LogP contribution in [0.15, 0.2) is 0 Å². The molecule has 0 saturated heterocycles. The lowest BCUT2D eigenvalue weighted by molar-refractivity contribution is -0.229. The van der Waals surface area contributed by atoms with Gasteiger partial charge in [-0.3, -0.25) is 9.59 Å². The Kier molecular flexibility index (Phi) is 5.84. The average molecular weight is 356 g/mol. The Morgan fingerprint density at radius 1 is 1.16 bits per heavy atom. The number of aliphatic hydroxyl groups excluding tert-OH is 1. The summed E-state index contributed by atoms with van der Waals surface area (Å²) in [6, 6.07) is 0. The average Bonchev–Trinajstić information content (AvgIpc) is 2.47. The van der Waals surface area contributed by atoms with Gasteiger partial charge in [0.05, 0.1) is 18.3 Å². The van der Waals surface area contributed by atoms with Gasteiger partial charge in [-0.25, -0.2) is 0 Å². The van der Waals surface area contributed by atoms with Crippen LogP contribution in [0.5, 0.6) is 0 Å². The molecule has 0 spiro atoms. The first-order chi connectivity index (χ1) is 11.5. The van der Waals surface area contributed by atoms with E-state index < -0.39 is 23.0 Å². The number of ether oxygens (including phenoxy) is 2. The lowest BCUT2D eigenvalue weighted by atomic mass is 9.50. The van der Waals surface area contributed by atoms with Crippen molar-refractivity contribution in [3.63, 3.8) is 0 Å². The van der Waals surface area contributed by atoms with E-state index in [-0.39, 0.29) is 36.5 Å². The van der Waals surface area contributed by atoms with Crippen molar-refractivity contribution in [2.24, 2.45) is 23.2 Å². The zero-order valence-corrected chi connectivity index (χ0v) is 15.9. The van der Waals surface area contributed by atoms with Crippen LogP contribution in [-0.2, 0) is 19.1 Å². The number of carbonyl (C=O) groups is 2. The van der Waals surface area contributed by atoms with Crippen LogP contribution in [0, 0.1) is 23.2 Å². The number of fused-ring (bicyclic) bond motifs is 1. The molecular formula is C19H32O6. The Labute approximate surface area is 149 Å². The fourth-order valence-electron chi connectivity index (χ4n) is 5.18. The predicted molar refractivity (Wildman–Crippen MR) is 91.5 cm³/mol. The molecule has 0 bridgehead atoms. The second kappa shape index (κ2) is 7.23. The van der Waals surface area contributed by atoms with Crippen LogP contribution in [0.4, 0.5) is 0 Å². The first-order valence-electron chi connectivity index (χ1n) is 9.20. The lowest BCUT2D eigenvalue weighted by Gasteiger charge is -2.59. The van der Waals surface area contributed by atoms with Gasteiger partial charge < -0.3 is 19.7 Å². The molecule has 0 aromatic heterocycles. The van der Waals surface area contributed by atoms with Crippen LogP contribution in [0.1, 0.15) is 60.3 Å². The summed E-state index contributed by atoms with van der Waals surface area (Å²) in [7, 11) is 0. The molecule has 2 N–H and O–H groups in total. The highest BCUT2D eigenvalue weighted by Crippen LogP contribution is 2.57. The molecule has 2 aliphatic carbocycles. The first kappa shape index (κ1) is 20.2. The maximum absolute atomic E-state index is 11.5. The number of hydrogen-bond acceptors (Lipinski definition) is 6. The molecule has 2 rings (SSSR count).